The first-order valence-electron chi connectivity index (χ1n) is 4.62. The minimum atomic E-state index is -0.229. The van der Waals surface area contributed by atoms with Crippen LogP contribution in [-0.2, 0) is 0 Å². The first kappa shape index (κ1) is 8.98. The monoisotopic (exact) mass is 159 g/mol. The van der Waals surface area contributed by atoms with E-state index in [4.69, 9.17) is 5.73 Å². The zero-order valence-electron chi connectivity index (χ0n) is 7.06. The average Bonchev–Trinajstić information content (AvgIpc) is 2.52. The molecule has 0 aromatic heterocycles. The molecule has 1 nitrogen and oxygen atoms in total. The summed E-state index contributed by atoms with van der Waals surface area (Å²) in [5.74, 6) is 0.914. The molecule has 1 atom stereocenters. The van der Waals surface area contributed by atoms with Gasteiger partial charge in [-0.1, -0.05) is 25.7 Å². The topological polar surface area (TPSA) is 26.0 Å². The highest BCUT2D eigenvalue weighted by Gasteiger charge is 2.18. The van der Waals surface area contributed by atoms with Crippen molar-refractivity contribution < 1.29 is 4.39 Å². The SMILES string of the molecule is NCC(CF)CC1CCCC1. The van der Waals surface area contributed by atoms with Crippen molar-refractivity contribution in [3.8, 4) is 0 Å². The molecule has 0 aliphatic heterocycles. The molecule has 11 heavy (non-hydrogen) atoms. The van der Waals surface area contributed by atoms with E-state index in [0.717, 1.165) is 12.3 Å². The smallest absolute Gasteiger partial charge is 0.0934 e. The van der Waals surface area contributed by atoms with Crippen LogP contribution in [0.25, 0.3) is 0 Å². The number of hydrogen-bond acceptors (Lipinski definition) is 1. The van der Waals surface area contributed by atoms with Crippen molar-refractivity contribution in [3.05, 3.63) is 0 Å². The Morgan fingerprint density at radius 2 is 2.00 bits per heavy atom. The van der Waals surface area contributed by atoms with Gasteiger partial charge in [0.2, 0.25) is 0 Å². The maximum absolute atomic E-state index is 12.2. The van der Waals surface area contributed by atoms with Crippen molar-refractivity contribution in [3.63, 3.8) is 0 Å². The van der Waals surface area contributed by atoms with Gasteiger partial charge in [0.15, 0.2) is 0 Å². The Morgan fingerprint density at radius 3 is 2.45 bits per heavy atom. The van der Waals surface area contributed by atoms with Crippen LogP contribution in [0.5, 0.6) is 0 Å². The van der Waals surface area contributed by atoms with Crippen LogP contribution in [0.4, 0.5) is 4.39 Å². The van der Waals surface area contributed by atoms with Crippen LogP contribution < -0.4 is 5.73 Å². The number of hydrogen-bond donors (Lipinski definition) is 1. The van der Waals surface area contributed by atoms with Crippen molar-refractivity contribution in [2.45, 2.75) is 32.1 Å². The fourth-order valence-electron chi connectivity index (χ4n) is 1.94. The molecule has 0 aromatic rings. The van der Waals surface area contributed by atoms with Gasteiger partial charge in [0.1, 0.15) is 0 Å². The summed E-state index contributed by atoms with van der Waals surface area (Å²) in [5, 5.41) is 0. The standard InChI is InChI=1S/C9H18FN/c10-6-9(7-11)5-8-3-1-2-4-8/h8-9H,1-7,11H2. The summed E-state index contributed by atoms with van der Waals surface area (Å²) in [7, 11) is 0. The second-order valence-electron chi connectivity index (χ2n) is 3.64. The van der Waals surface area contributed by atoms with E-state index in [1.165, 1.54) is 25.7 Å². The highest BCUT2D eigenvalue weighted by atomic mass is 19.1. The molecule has 0 radical (unpaired) electrons. The number of alkyl halides is 1. The van der Waals surface area contributed by atoms with Crippen LogP contribution in [-0.4, -0.2) is 13.2 Å². The van der Waals surface area contributed by atoms with E-state index in [2.05, 4.69) is 0 Å². The van der Waals surface area contributed by atoms with E-state index in [1.54, 1.807) is 0 Å². The third-order valence-electron chi connectivity index (χ3n) is 2.69. The minimum absolute atomic E-state index is 0.137. The Hall–Kier alpha value is -0.110. The van der Waals surface area contributed by atoms with Crippen molar-refractivity contribution in [2.24, 2.45) is 17.6 Å². The summed E-state index contributed by atoms with van der Waals surface area (Å²) in [5.41, 5.74) is 5.42. The average molecular weight is 159 g/mol. The molecule has 1 aliphatic rings. The molecule has 0 heterocycles. The quantitative estimate of drug-likeness (QED) is 0.668. The molecule has 1 saturated carbocycles. The molecular weight excluding hydrogens is 141 g/mol. The van der Waals surface area contributed by atoms with Gasteiger partial charge < -0.3 is 5.73 Å². The Labute approximate surface area is 68.2 Å². The van der Waals surface area contributed by atoms with E-state index in [-0.39, 0.29) is 12.6 Å². The van der Waals surface area contributed by atoms with E-state index in [0.29, 0.717) is 6.54 Å². The third kappa shape index (κ3) is 2.78. The zero-order valence-corrected chi connectivity index (χ0v) is 7.06. The molecular formula is C9H18FN. The lowest BCUT2D eigenvalue weighted by molar-refractivity contribution is 0.303. The van der Waals surface area contributed by atoms with Crippen LogP contribution in [0.2, 0.25) is 0 Å². The number of rotatable bonds is 4. The van der Waals surface area contributed by atoms with E-state index < -0.39 is 0 Å². The zero-order chi connectivity index (χ0) is 8.10. The van der Waals surface area contributed by atoms with Gasteiger partial charge >= 0.3 is 0 Å². The largest absolute Gasteiger partial charge is 0.330 e. The maximum Gasteiger partial charge on any atom is 0.0934 e. The molecule has 0 aromatic carbocycles. The molecule has 0 amide bonds. The summed E-state index contributed by atoms with van der Waals surface area (Å²) < 4.78 is 12.2. The second kappa shape index (κ2) is 4.70. The lowest BCUT2D eigenvalue weighted by atomic mass is 9.94. The molecule has 0 spiro atoms. The molecule has 66 valence electrons. The van der Waals surface area contributed by atoms with Crippen molar-refractivity contribution in [1.29, 1.82) is 0 Å². The molecule has 2 heteroatoms. The first-order chi connectivity index (χ1) is 5.36. The Morgan fingerprint density at radius 1 is 1.36 bits per heavy atom. The van der Waals surface area contributed by atoms with Gasteiger partial charge in [0.25, 0.3) is 0 Å². The van der Waals surface area contributed by atoms with Gasteiger partial charge in [-0.15, -0.1) is 0 Å². The van der Waals surface area contributed by atoms with E-state index >= 15 is 0 Å². The van der Waals surface area contributed by atoms with Gasteiger partial charge in [-0.2, -0.15) is 0 Å². The molecule has 2 N–H and O–H groups in total. The molecule has 1 fully saturated rings. The normalized spacial score (nSPS) is 22.4. The Kier molecular flexibility index (Phi) is 3.84. The van der Waals surface area contributed by atoms with Crippen LogP contribution >= 0.6 is 0 Å². The molecule has 0 saturated heterocycles. The van der Waals surface area contributed by atoms with Gasteiger partial charge in [-0.25, -0.2) is 0 Å². The second-order valence-corrected chi connectivity index (χ2v) is 3.64. The van der Waals surface area contributed by atoms with E-state index in [9.17, 15) is 4.39 Å². The fraction of sp³-hybridized carbons (Fsp3) is 1.00. The van der Waals surface area contributed by atoms with Crippen LogP contribution in [0.15, 0.2) is 0 Å². The highest BCUT2D eigenvalue weighted by Crippen LogP contribution is 2.30. The Balaban J connectivity index is 2.16. The van der Waals surface area contributed by atoms with Gasteiger partial charge in [0, 0.05) is 0 Å². The predicted molar refractivity (Wildman–Crippen MR) is 45.1 cm³/mol. The summed E-state index contributed by atoms with van der Waals surface area (Å²) in [6, 6.07) is 0. The number of nitrogens with two attached hydrogens (primary N) is 1. The molecule has 0 bridgehead atoms. The van der Waals surface area contributed by atoms with Crippen LogP contribution in [0.1, 0.15) is 32.1 Å². The summed E-state index contributed by atoms with van der Waals surface area (Å²) in [4.78, 5) is 0. The predicted octanol–water partition coefficient (Wildman–Crippen LogP) is 2.11. The fourth-order valence-corrected chi connectivity index (χ4v) is 1.94. The maximum atomic E-state index is 12.2. The third-order valence-corrected chi connectivity index (χ3v) is 2.69. The summed E-state index contributed by atoms with van der Waals surface area (Å²) >= 11 is 0. The van der Waals surface area contributed by atoms with Gasteiger partial charge in [-0.05, 0) is 24.8 Å². The van der Waals surface area contributed by atoms with Crippen molar-refractivity contribution in [1.82, 2.24) is 0 Å². The number of halogens is 1. The minimum Gasteiger partial charge on any atom is -0.330 e. The molecule has 1 unspecified atom stereocenters. The lowest BCUT2D eigenvalue weighted by Crippen LogP contribution is -2.18. The molecule has 1 aliphatic carbocycles. The first-order valence-corrected chi connectivity index (χ1v) is 4.62. The van der Waals surface area contributed by atoms with E-state index in [1.807, 2.05) is 0 Å². The van der Waals surface area contributed by atoms with Crippen molar-refractivity contribution in [2.75, 3.05) is 13.2 Å². The van der Waals surface area contributed by atoms with Crippen LogP contribution in [0, 0.1) is 11.8 Å². The van der Waals surface area contributed by atoms with Gasteiger partial charge in [0.05, 0.1) is 6.67 Å². The van der Waals surface area contributed by atoms with Crippen molar-refractivity contribution >= 4 is 0 Å². The van der Waals surface area contributed by atoms with Gasteiger partial charge in [-0.3, -0.25) is 4.39 Å². The van der Waals surface area contributed by atoms with Crippen LogP contribution in [0.3, 0.4) is 0 Å². The lowest BCUT2D eigenvalue weighted by Gasteiger charge is -2.14. The Bertz CT molecular complexity index is 95.7. The molecule has 1 rings (SSSR count). The highest BCUT2D eigenvalue weighted by molar-refractivity contribution is 4.71. The summed E-state index contributed by atoms with van der Waals surface area (Å²) in [6.45, 7) is 0.292. The summed E-state index contributed by atoms with van der Waals surface area (Å²) in [6.07, 6.45) is 6.31.